The summed E-state index contributed by atoms with van der Waals surface area (Å²) in [6.45, 7) is 7.49. The second-order valence-electron chi connectivity index (χ2n) is 6.34. The monoisotopic (exact) mass is 355 g/mol. The minimum Gasteiger partial charge on any atom is -0.379 e. The average molecular weight is 355 g/mol. The molecule has 0 aliphatic carbocycles. The second-order valence-corrected chi connectivity index (χ2v) is 6.34. The smallest absolute Gasteiger partial charge is 0.271 e. The van der Waals surface area contributed by atoms with E-state index in [2.05, 4.69) is 50.6 Å². The molecule has 0 saturated carbocycles. The van der Waals surface area contributed by atoms with Gasteiger partial charge in [-0.1, -0.05) is 29.8 Å². The number of aromatic nitrogens is 2. The fourth-order valence-electron chi connectivity index (χ4n) is 2.79. The number of aryl methyl sites for hydroxylation is 1. The van der Waals surface area contributed by atoms with Gasteiger partial charge in [-0.2, -0.15) is 0 Å². The highest BCUT2D eigenvalue weighted by Crippen LogP contribution is 2.07. The maximum Gasteiger partial charge on any atom is 0.271 e. The van der Waals surface area contributed by atoms with Crippen LogP contribution in [0.5, 0.6) is 0 Å². The lowest BCUT2D eigenvalue weighted by Crippen LogP contribution is -2.41. The van der Waals surface area contributed by atoms with E-state index in [9.17, 15) is 4.79 Å². The minimum atomic E-state index is -0.198. The molecule has 1 aromatic heterocycles. The maximum atomic E-state index is 12.1. The van der Waals surface area contributed by atoms with Crippen molar-refractivity contribution in [2.75, 3.05) is 44.7 Å². The van der Waals surface area contributed by atoms with Crippen LogP contribution < -0.4 is 10.6 Å². The van der Waals surface area contributed by atoms with Gasteiger partial charge in [0, 0.05) is 32.7 Å². The summed E-state index contributed by atoms with van der Waals surface area (Å²) in [7, 11) is 0. The van der Waals surface area contributed by atoms with Crippen molar-refractivity contribution in [2.45, 2.75) is 13.5 Å². The van der Waals surface area contributed by atoms with Crippen molar-refractivity contribution in [3.8, 4) is 0 Å². The van der Waals surface area contributed by atoms with Crippen LogP contribution in [0.2, 0.25) is 0 Å². The summed E-state index contributed by atoms with van der Waals surface area (Å²) in [5, 5.41) is 6.10. The number of hydrogen-bond acceptors (Lipinski definition) is 6. The molecule has 2 aromatic rings. The van der Waals surface area contributed by atoms with Crippen molar-refractivity contribution >= 4 is 11.7 Å². The Morgan fingerprint density at radius 2 is 2.08 bits per heavy atom. The van der Waals surface area contributed by atoms with Gasteiger partial charge in [-0.05, 0) is 12.5 Å². The number of ether oxygens (including phenoxy) is 1. The first-order chi connectivity index (χ1) is 12.7. The van der Waals surface area contributed by atoms with Crippen LogP contribution in [0.15, 0.2) is 36.7 Å². The van der Waals surface area contributed by atoms with Gasteiger partial charge in [-0.3, -0.25) is 9.69 Å². The zero-order valence-electron chi connectivity index (χ0n) is 15.1. The largest absolute Gasteiger partial charge is 0.379 e. The fraction of sp³-hybridized carbons (Fsp3) is 0.421. The second kappa shape index (κ2) is 9.26. The van der Waals surface area contributed by atoms with Crippen LogP contribution in [0.4, 0.5) is 5.82 Å². The summed E-state index contributed by atoms with van der Waals surface area (Å²) in [4.78, 5) is 22.9. The van der Waals surface area contributed by atoms with E-state index in [1.807, 2.05) is 6.07 Å². The minimum absolute atomic E-state index is 0.198. The van der Waals surface area contributed by atoms with Gasteiger partial charge in [0.15, 0.2) is 0 Å². The quantitative estimate of drug-likeness (QED) is 0.783. The molecule has 0 radical (unpaired) electrons. The van der Waals surface area contributed by atoms with Crippen molar-refractivity contribution < 1.29 is 9.53 Å². The van der Waals surface area contributed by atoms with E-state index in [1.54, 1.807) is 6.20 Å². The zero-order valence-corrected chi connectivity index (χ0v) is 15.1. The molecule has 138 valence electrons. The molecule has 7 nitrogen and oxygen atoms in total. The Hall–Kier alpha value is -2.51. The van der Waals surface area contributed by atoms with Crippen LogP contribution in [0.25, 0.3) is 0 Å². The van der Waals surface area contributed by atoms with Gasteiger partial charge in [0.05, 0.1) is 25.6 Å². The number of carbonyl (C=O) groups is 1. The summed E-state index contributed by atoms with van der Waals surface area (Å²) in [5.41, 5.74) is 2.73. The van der Waals surface area contributed by atoms with E-state index in [-0.39, 0.29) is 5.91 Å². The lowest BCUT2D eigenvalue weighted by Gasteiger charge is -2.26. The predicted molar refractivity (Wildman–Crippen MR) is 100 cm³/mol. The molecule has 0 bridgehead atoms. The summed E-state index contributed by atoms with van der Waals surface area (Å²) >= 11 is 0. The molecule has 0 unspecified atom stereocenters. The Bertz CT molecular complexity index is 714. The zero-order chi connectivity index (χ0) is 18.2. The van der Waals surface area contributed by atoms with E-state index in [4.69, 9.17) is 4.74 Å². The molecule has 2 N–H and O–H groups in total. The molecule has 1 aliphatic heterocycles. The first-order valence-electron chi connectivity index (χ1n) is 8.90. The lowest BCUT2D eigenvalue weighted by atomic mass is 10.1. The van der Waals surface area contributed by atoms with E-state index < -0.39 is 0 Å². The lowest BCUT2D eigenvalue weighted by molar-refractivity contribution is 0.0383. The van der Waals surface area contributed by atoms with Gasteiger partial charge in [0.1, 0.15) is 11.5 Å². The molecule has 0 atom stereocenters. The van der Waals surface area contributed by atoms with Gasteiger partial charge in [0.2, 0.25) is 0 Å². The molecule has 0 spiro atoms. The Morgan fingerprint density at radius 1 is 1.23 bits per heavy atom. The Balaban J connectivity index is 1.43. The molecular weight excluding hydrogens is 330 g/mol. The number of morpholine rings is 1. The number of carbonyl (C=O) groups excluding carboxylic acids is 1. The van der Waals surface area contributed by atoms with E-state index in [0.29, 0.717) is 24.6 Å². The average Bonchev–Trinajstić information content (AvgIpc) is 2.68. The number of nitrogens with zero attached hydrogens (tertiary/aromatic N) is 3. The van der Waals surface area contributed by atoms with Gasteiger partial charge in [0.25, 0.3) is 5.91 Å². The van der Waals surface area contributed by atoms with E-state index in [0.717, 1.165) is 32.8 Å². The number of anilines is 1. The third kappa shape index (κ3) is 5.50. The van der Waals surface area contributed by atoms with Gasteiger partial charge in [-0.25, -0.2) is 9.97 Å². The molecule has 1 amide bonds. The van der Waals surface area contributed by atoms with Crippen molar-refractivity contribution in [1.29, 1.82) is 0 Å². The molecule has 1 aromatic carbocycles. The third-order valence-corrected chi connectivity index (χ3v) is 4.26. The van der Waals surface area contributed by atoms with Crippen LogP contribution in [-0.4, -0.2) is 60.2 Å². The molecule has 1 saturated heterocycles. The highest BCUT2D eigenvalue weighted by molar-refractivity contribution is 5.91. The Morgan fingerprint density at radius 3 is 2.81 bits per heavy atom. The molecule has 1 aliphatic rings. The number of amides is 1. The highest BCUT2D eigenvalue weighted by atomic mass is 16.5. The van der Waals surface area contributed by atoms with Gasteiger partial charge < -0.3 is 15.4 Å². The first-order valence-corrected chi connectivity index (χ1v) is 8.90. The Labute approximate surface area is 153 Å². The van der Waals surface area contributed by atoms with Crippen molar-refractivity contribution in [1.82, 2.24) is 20.2 Å². The van der Waals surface area contributed by atoms with E-state index >= 15 is 0 Å². The molecule has 2 heterocycles. The predicted octanol–water partition coefficient (Wildman–Crippen LogP) is 1.46. The summed E-state index contributed by atoms with van der Waals surface area (Å²) in [6, 6.07) is 8.28. The Kier molecular flexibility index (Phi) is 6.51. The van der Waals surface area contributed by atoms with Crippen LogP contribution in [-0.2, 0) is 11.3 Å². The number of benzene rings is 1. The van der Waals surface area contributed by atoms with Gasteiger partial charge >= 0.3 is 0 Å². The summed E-state index contributed by atoms with van der Waals surface area (Å²) in [6.07, 6.45) is 3.09. The number of rotatable bonds is 7. The van der Waals surface area contributed by atoms with Crippen LogP contribution in [0, 0.1) is 6.92 Å². The molecular formula is C19H25N5O2. The highest BCUT2D eigenvalue weighted by Gasteiger charge is 2.11. The normalized spacial score (nSPS) is 14.8. The molecule has 1 fully saturated rings. The fourth-order valence-corrected chi connectivity index (χ4v) is 2.79. The number of nitrogens with one attached hydrogen (secondary N) is 2. The van der Waals surface area contributed by atoms with Crippen molar-refractivity contribution in [3.63, 3.8) is 0 Å². The first kappa shape index (κ1) is 18.3. The van der Waals surface area contributed by atoms with Crippen LogP contribution in [0.1, 0.15) is 21.6 Å². The molecule has 7 heteroatoms. The summed E-state index contributed by atoms with van der Waals surface area (Å²) in [5.74, 6) is 0.451. The van der Waals surface area contributed by atoms with Crippen molar-refractivity contribution in [3.05, 3.63) is 53.5 Å². The maximum absolute atomic E-state index is 12.1. The van der Waals surface area contributed by atoms with Crippen LogP contribution >= 0.6 is 0 Å². The topological polar surface area (TPSA) is 79.4 Å². The molecule has 26 heavy (non-hydrogen) atoms. The SMILES string of the molecule is Cc1cccc(CNc2cnc(C(=O)NCCN3CCOCC3)cn2)c1. The third-order valence-electron chi connectivity index (χ3n) is 4.26. The standard InChI is InChI=1S/C19H25N5O2/c1-15-3-2-4-16(11-15)12-22-18-14-21-17(13-23-18)19(25)20-5-6-24-7-9-26-10-8-24/h2-4,11,13-14H,5-10,12H2,1H3,(H,20,25)(H,22,23). The summed E-state index contributed by atoms with van der Waals surface area (Å²) < 4.78 is 5.31. The number of hydrogen-bond donors (Lipinski definition) is 2. The van der Waals surface area contributed by atoms with Crippen molar-refractivity contribution in [2.24, 2.45) is 0 Å². The van der Waals surface area contributed by atoms with Gasteiger partial charge in [-0.15, -0.1) is 0 Å². The molecule has 3 rings (SSSR count). The van der Waals surface area contributed by atoms with Crippen LogP contribution in [0.3, 0.4) is 0 Å². The van der Waals surface area contributed by atoms with E-state index in [1.165, 1.54) is 17.3 Å².